The number of amides is 3. The van der Waals surface area contributed by atoms with Gasteiger partial charge in [-0.3, -0.25) is 15.0 Å². The zero-order valence-electron chi connectivity index (χ0n) is 14.3. The summed E-state index contributed by atoms with van der Waals surface area (Å²) in [7, 11) is 1.88. The van der Waals surface area contributed by atoms with E-state index >= 15 is 0 Å². The Morgan fingerprint density at radius 3 is 2.57 bits per heavy atom. The zero-order chi connectivity index (χ0) is 16.8. The highest BCUT2D eigenvalue weighted by Crippen LogP contribution is 2.17. The first-order valence-electron chi connectivity index (χ1n) is 8.29. The first-order valence-corrected chi connectivity index (χ1v) is 8.29. The molecule has 0 aliphatic heterocycles. The van der Waals surface area contributed by atoms with Gasteiger partial charge in [0.15, 0.2) is 0 Å². The Bertz CT molecular complexity index is 565. The summed E-state index contributed by atoms with van der Waals surface area (Å²) in [6.45, 7) is 5.03. The molecule has 2 rings (SSSR count). The molecule has 1 aliphatic rings. The average molecular weight is 317 g/mol. The highest BCUT2D eigenvalue weighted by molar-refractivity contribution is 5.95. The summed E-state index contributed by atoms with van der Waals surface area (Å²) in [6.07, 6.45) is 4.32. The molecule has 0 saturated heterocycles. The Morgan fingerprint density at radius 1 is 1.22 bits per heavy atom. The molecule has 0 radical (unpaired) electrons. The molecule has 5 heteroatoms. The number of nitrogens with one attached hydrogen (secondary N) is 2. The Hall–Kier alpha value is -1.88. The Balaban J connectivity index is 1.76. The van der Waals surface area contributed by atoms with Gasteiger partial charge >= 0.3 is 6.03 Å². The van der Waals surface area contributed by atoms with Crippen molar-refractivity contribution in [3.63, 3.8) is 0 Å². The van der Waals surface area contributed by atoms with Crippen LogP contribution in [0.1, 0.15) is 42.4 Å². The second-order valence-corrected chi connectivity index (χ2v) is 6.61. The molecule has 23 heavy (non-hydrogen) atoms. The fraction of sp³-hybridized carbons (Fsp3) is 0.556. The van der Waals surface area contributed by atoms with Crippen molar-refractivity contribution in [2.75, 3.05) is 13.6 Å². The van der Waals surface area contributed by atoms with E-state index in [-0.39, 0.29) is 24.5 Å². The molecule has 0 spiro atoms. The van der Waals surface area contributed by atoms with Crippen LogP contribution in [0.4, 0.5) is 4.79 Å². The molecular weight excluding hydrogens is 290 g/mol. The van der Waals surface area contributed by atoms with E-state index in [2.05, 4.69) is 42.7 Å². The van der Waals surface area contributed by atoms with Crippen molar-refractivity contribution in [1.82, 2.24) is 15.5 Å². The fourth-order valence-electron chi connectivity index (χ4n) is 3.07. The number of hydrogen-bond acceptors (Lipinski definition) is 3. The van der Waals surface area contributed by atoms with Crippen LogP contribution >= 0.6 is 0 Å². The lowest BCUT2D eigenvalue weighted by atomic mass is 10.1. The van der Waals surface area contributed by atoms with Crippen molar-refractivity contribution >= 4 is 11.9 Å². The van der Waals surface area contributed by atoms with Crippen LogP contribution in [0.15, 0.2) is 18.2 Å². The van der Waals surface area contributed by atoms with Gasteiger partial charge in [-0.15, -0.1) is 0 Å². The Labute approximate surface area is 138 Å². The Kier molecular flexibility index (Phi) is 6.16. The van der Waals surface area contributed by atoms with Crippen molar-refractivity contribution in [3.8, 4) is 0 Å². The summed E-state index contributed by atoms with van der Waals surface area (Å²) < 4.78 is 0. The van der Waals surface area contributed by atoms with Gasteiger partial charge in [0.2, 0.25) is 5.91 Å². The van der Waals surface area contributed by atoms with Crippen LogP contribution in [-0.4, -0.2) is 36.5 Å². The molecule has 1 saturated carbocycles. The van der Waals surface area contributed by atoms with E-state index in [9.17, 15) is 9.59 Å². The number of carbonyl (C=O) groups is 2. The number of aryl methyl sites for hydroxylation is 2. The molecule has 126 valence electrons. The van der Waals surface area contributed by atoms with Gasteiger partial charge in [0.25, 0.3) is 0 Å². The minimum Gasteiger partial charge on any atom is -0.335 e. The normalized spacial score (nSPS) is 15.0. The SMILES string of the molecule is Cc1ccc(CN(C)CC(=O)NC(=O)NC2CCCC2)c(C)c1. The molecule has 0 atom stereocenters. The minimum atomic E-state index is -0.373. The van der Waals surface area contributed by atoms with Crippen LogP contribution < -0.4 is 10.6 Å². The van der Waals surface area contributed by atoms with Gasteiger partial charge in [0.1, 0.15) is 0 Å². The summed E-state index contributed by atoms with van der Waals surface area (Å²) in [5.41, 5.74) is 3.65. The first kappa shape index (κ1) is 17.5. The molecule has 1 aliphatic carbocycles. The van der Waals surface area contributed by atoms with E-state index < -0.39 is 0 Å². The summed E-state index contributed by atoms with van der Waals surface area (Å²) in [5, 5.41) is 5.28. The molecule has 1 aromatic rings. The van der Waals surface area contributed by atoms with Crippen molar-refractivity contribution in [1.29, 1.82) is 0 Å². The van der Waals surface area contributed by atoms with Gasteiger partial charge in [-0.05, 0) is 44.9 Å². The van der Waals surface area contributed by atoms with Crippen LogP contribution in [0.3, 0.4) is 0 Å². The zero-order valence-corrected chi connectivity index (χ0v) is 14.3. The number of imide groups is 1. The third-order valence-corrected chi connectivity index (χ3v) is 4.30. The van der Waals surface area contributed by atoms with Gasteiger partial charge in [-0.25, -0.2) is 4.79 Å². The molecule has 2 N–H and O–H groups in total. The number of hydrogen-bond donors (Lipinski definition) is 2. The van der Waals surface area contributed by atoms with Crippen molar-refractivity contribution in [3.05, 3.63) is 34.9 Å². The van der Waals surface area contributed by atoms with E-state index in [4.69, 9.17) is 0 Å². The number of carbonyl (C=O) groups excluding carboxylic acids is 2. The second kappa shape index (κ2) is 8.11. The molecule has 0 heterocycles. The number of nitrogens with zero attached hydrogens (tertiary/aromatic N) is 1. The van der Waals surface area contributed by atoms with Gasteiger partial charge < -0.3 is 5.32 Å². The topological polar surface area (TPSA) is 61.4 Å². The summed E-state index contributed by atoms with van der Waals surface area (Å²) in [4.78, 5) is 25.6. The lowest BCUT2D eigenvalue weighted by molar-refractivity contribution is -0.121. The predicted octanol–water partition coefficient (Wildman–Crippen LogP) is 2.50. The molecular formula is C18H27N3O2. The largest absolute Gasteiger partial charge is 0.335 e. The van der Waals surface area contributed by atoms with Crippen LogP contribution in [0.5, 0.6) is 0 Å². The quantitative estimate of drug-likeness (QED) is 0.877. The lowest BCUT2D eigenvalue weighted by Gasteiger charge is -2.18. The van der Waals surface area contributed by atoms with Crippen molar-refractivity contribution < 1.29 is 9.59 Å². The molecule has 0 unspecified atom stereocenters. The third-order valence-electron chi connectivity index (χ3n) is 4.30. The maximum atomic E-state index is 12.0. The summed E-state index contributed by atoms with van der Waals surface area (Å²) >= 11 is 0. The molecule has 5 nitrogen and oxygen atoms in total. The number of urea groups is 1. The summed E-state index contributed by atoms with van der Waals surface area (Å²) in [6, 6.07) is 6.15. The average Bonchev–Trinajstić information content (AvgIpc) is 2.94. The molecule has 0 bridgehead atoms. The summed E-state index contributed by atoms with van der Waals surface area (Å²) in [5.74, 6) is -0.271. The number of likely N-dealkylation sites (N-methyl/N-ethyl adjacent to an activating group) is 1. The van der Waals surface area contributed by atoms with Gasteiger partial charge in [0, 0.05) is 12.6 Å². The van der Waals surface area contributed by atoms with E-state index in [0.717, 1.165) is 25.7 Å². The molecule has 0 aromatic heterocycles. The third kappa shape index (κ3) is 5.67. The number of rotatable bonds is 5. The molecule has 3 amide bonds. The molecule has 1 fully saturated rings. The van der Waals surface area contributed by atoms with E-state index in [1.165, 1.54) is 16.7 Å². The van der Waals surface area contributed by atoms with Crippen LogP contribution in [0, 0.1) is 13.8 Å². The lowest BCUT2D eigenvalue weighted by Crippen LogP contribution is -2.46. The highest BCUT2D eigenvalue weighted by atomic mass is 16.2. The van der Waals surface area contributed by atoms with Gasteiger partial charge in [-0.2, -0.15) is 0 Å². The van der Waals surface area contributed by atoms with Crippen molar-refractivity contribution in [2.24, 2.45) is 0 Å². The fourth-order valence-corrected chi connectivity index (χ4v) is 3.07. The standard InChI is InChI=1S/C18H27N3O2/c1-13-8-9-15(14(2)10-13)11-21(3)12-17(22)20-18(23)19-16-6-4-5-7-16/h8-10,16H,4-7,11-12H2,1-3H3,(H2,19,20,22,23). The molecule has 1 aromatic carbocycles. The Morgan fingerprint density at radius 2 is 1.91 bits per heavy atom. The maximum absolute atomic E-state index is 12.0. The smallest absolute Gasteiger partial charge is 0.321 e. The number of benzene rings is 1. The minimum absolute atomic E-state index is 0.200. The van der Waals surface area contributed by atoms with Gasteiger partial charge in [-0.1, -0.05) is 36.6 Å². The van der Waals surface area contributed by atoms with E-state index in [0.29, 0.717) is 6.54 Å². The van der Waals surface area contributed by atoms with Gasteiger partial charge in [0.05, 0.1) is 6.54 Å². The van der Waals surface area contributed by atoms with Crippen LogP contribution in [0.2, 0.25) is 0 Å². The van der Waals surface area contributed by atoms with Crippen LogP contribution in [-0.2, 0) is 11.3 Å². The maximum Gasteiger partial charge on any atom is 0.321 e. The van der Waals surface area contributed by atoms with Crippen molar-refractivity contribution in [2.45, 2.75) is 52.1 Å². The monoisotopic (exact) mass is 317 g/mol. The van der Waals surface area contributed by atoms with E-state index in [1.807, 2.05) is 11.9 Å². The highest BCUT2D eigenvalue weighted by Gasteiger charge is 2.18. The van der Waals surface area contributed by atoms with Crippen LogP contribution in [0.25, 0.3) is 0 Å². The first-order chi connectivity index (χ1) is 10.9. The second-order valence-electron chi connectivity index (χ2n) is 6.61. The predicted molar refractivity (Wildman–Crippen MR) is 91.2 cm³/mol. The van der Waals surface area contributed by atoms with E-state index in [1.54, 1.807) is 0 Å².